The second kappa shape index (κ2) is 8.17. The zero-order valence-electron chi connectivity index (χ0n) is 14.9. The van der Waals surface area contributed by atoms with Crippen LogP contribution in [-0.4, -0.2) is 61.5 Å². The first-order chi connectivity index (χ1) is 12.2. The fraction of sp³-hybridized carbons (Fsp3) is 0.632. The van der Waals surface area contributed by atoms with Crippen molar-refractivity contribution in [3.8, 4) is 5.75 Å². The number of nitrogens with zero attached hydrogens (tertiary/aromatic N) is 1. The van der Waals surface area contributed by atoms with Crippen LogP contribution in [0.2, 0.25) is 0 Å². The predicted molar refractivity (Wildman–Crippen MR) is 94.6 cm³/mol. The summed E-state index contributed by atoms with van der Waals surface area (Å²) in [7, 11) is 1.66. The standard InChI is InChI=1S/C19H28N2O4/c1-24-16-5-2-4-15(12-16)17-6-3-9-21(17)18(23)13-20-19(14-22)7-10-25-11-8-19/h2,4-5,12,17,20,22H,3,6-11,13-14H2,1H3. The van der Waals surface area contributed by atoms with E-state index in [1.54, 1.807) is 7.11 Å². The molecule has 6 heteroatoms. The molecule has 0 spiro atoms. The van der Waals surface area contributed by atoms with Crippen molar-refractivity contribution in [3.63, 3.8) is 0 Å². The van der Waals surface area contributed by atoms with Crippen molar-refractivity contribution < 1.29 is 19.4 Å². The molecular formula is C19H28N2O4. The maximum absolute atomic E-state index is 12.8. The first-order valence-electron chi connectivity index (χ1n) is 9.04. The van der Waals surface area contributed by atoms with Crippen LogP contribution in [0.5, 0.6) is 5.75 Å². The highest BCUT2D eigenvalue weighted by Crippen LogP contribution is 2.33. The van der Waals surface area contributed by atoms with E-state index in [1.165, 1.54) is 0 Å². The van der Waals surface area contributed by atoms with Gasteiger partial charge in [-0.3, -0.25) is 4.79 Å². The fourth-order valence-corrected chi connectivity index (χ4v) is 3.78. The van der Waals surface area contributed by atoms with Gasteiger partial charge in [-0.25, -0.2) is 0 Å². The molecule has 138 valence electrons. The van der Waals surface area contributed by atoms with Gasteiger partial charge < -0.3 is 24.8 Å². The zero-order chi connectivity index (χ0) is 17.7. The van der Waals surface area contributed by atoms with Gasteiger partial charge in [0.1, 0.15) is 5.75 Å². The molecule has 1 aromatic carbocycles. The highest BCUT2D eigenvalue weighted by molar-refractivity contribution is 5.79. The number of aliphatic hydroxyl groups excluding tert-OH is 1. The van der Waals surface area contributed by atoms with Crippen molar-refractivity contribution in [3.05, 3.63) is 29.8 Å². The minimum absolute atomic E-state index is 0.0307. The van der Waals surface area contributed by atoms with E-state index in [9.17, 15) is 9.90 Å². The van der Waals surface area contributed by atoms with Gasteiger partial charge >= 0.3 is 0 Å². The maximum Gasteiger partial charge on any atom is 0.237 e. The van der Waals surface area contributed by atoms with E-state index in [0.29, 0.717) is 13.2 Å². The van der Waals surface area contributed by atoms with Gasteiger partial charge in [0.25, 0.3) is 0 Å². The van der Waals surface area contributed by atoms with Crippen LogP contribution in [-0.2, 0) is 9.53 Å². The molecule has 0 bridgehead atoms. The van der Waals surface area contributed by atoms with Crippen LogP contribution in [0.25, 0.3) is 0 Å². The SMILES string of the molecule is COc1cccc(C2CCCN2C(=O)CNC2(CO)CCOCC2)c1. The highest BCUT2D eigenvalue weighted by atomic mass is 16.5. The van der Waals surface area contributed by atoms with Crippen molar-refractivity contribution in [2.24, 2.45) is 0 Å². The number of hydrogen-bond donors (Lipinski definition) is 2. The number of ether oxygens (including phenoxy) is 2. The van der Waals surface area contributed by atoms with E-state index < -0.39 is 0 Å². The van der Waals surface area contributed by atoms with Crippen LogP contribution >= 0.6 is 0 Å². The van der Waals surface area contributed by atoms with E-state index >= 15 is 0 Å². The van der Waals surface area contributed by atoms with Crippen LogP contribution in [0.3, 0.4) is 0 Å². The number of amides is 1. The third kappa shape index (κ3) is 4.14. The summed E-state index contributed by atoms with van der Waals surface area (Å²) >= 11 is 0. The fourth-order valence-electron chi connectivity index (χ4n) is 3.78. The monoisotopic (exact) mass is 348 g/mol. The number of nitrogens with one attached hydrogen (secondary N) is 1. The molecule has 0 radical (unpaired) electrons. The van der Waals surface area contributed by atoms with Gasteiger partial charge in [-0.15, -0.1) is 0 Å². The third-order valence-corrected chi connectivity index (χ3v) is 5.42. The smallest absolute Gasteiger partial charge is 0.237 e. The number of hydrogen-bond acceptors (Lipinski definition) is 5. The molecule has 0 aromatic heterocycles. The predicted octanol–water partition coefficient (Wildman–Crippen LogP) is 1.49. The molecule has 3 rings (SSSR count). The summed E-state index contributed by atoms with van der Waals surface area (Å²) in [6, 6.07) is 8.06. The van der Waals surface area contributed by atoms with Gasteiger partial charge in [0.15, 0.2) is 0 Å². The van der Waals surface area contributed by atoms with Crippen LogP contribution in [0, 0.1) is 0 Å². The normalized spacial score (nSPS) is 22.8. The summed E-state index contributed by atoms with van der Waals surface area (Å²) in [6.45, 7) is 2.30. The summed E-state index contributed by atoms with van der Waals surface area (Å²) < 4.78 is 10.7. The first kappa shape index (κ1) is 18.2. The second-order valence-electron chi connectivity index (χ2n) is 6.93. The number of aliphatic hydroxyl groups is 1. The Morgan fingerprint density at radius 1 is 1.44 bits per heavy atom. The molecule has 2 fully saturated rings. The summed E-state index contributed by atoms with van der Waals surface area (Å²) in [5, 5.41) is 13.1. The molecule has 2 heterocycles. The Morgan fingerprint density at radius 2 is 2.24 bits per heavy atom. The largest absolute Gasteiger partial charge is 0.497 e. The molecule has 2 aliphatic heterocycles. The van der Waals surface area contributed by atoms with Gasteiger partial charge in [0.05, 0.1) is 26.3 Å². The maximum atomic E-state index is 12.8. The van der Waals surface area contributed by atoms with Gasteiger partial charge in [0.2, 0.25) is 5.91 Å². The van der Waals surface area contributed by atoms with E-state index in [0.717, 1.165) is 43.5 Å². The van der Waals surface area contributed by atoms with Crippen molar-refractivity contribution in [1.29, 1.82) is 0 Å². The number of likely N-dealkylation sites (tertiary alicyclic amines) is 1. The number of carbonyl (C=O) groups is 1. The van der Waals surface area contributed by atoms with E-state index in [1.807, 2.05) is 23.1 Å². The molecule has 25 heavy (non-hydrogen) atoms. The molecule has 0 aliphatic carbocycles. The Morgan fingerprint density at radius 3 is 2.96 bits per heavy atom. The highest BCUT2D eigenvalue weighted by Gasteiger charge is 2.34. The lowest BCUT2D eigenvalue weighted by Crippen LogP contribution is -2.55. The molecule has 6 nitrogen and oxygen atoms in total. The van der Waals surface area contributed by atoms with Crippen LogP contribution < -0.4 is 10.1 Å². The Kier molecular flexibility index (Phi) is 5.93. The molecular weight excluding hydrogens is 320 g/mol. The van der Waals surface area contributed by atoms with Gasteiger partial charge in [-0.1, -0.05) is 12.1 Å². The van der Waals surface area contributed by atoms with Crippen molar-refractivity contribution >= 4 is 5.91 Å². The molecule has 2 saturated heterocycles. The van der Waals surface area contributed by atoms with Crippen LogP contribution in [0.1, 0.15) is 37.3 Å². The van der Waals surface area contributed by atoms with Crippen LogP contribution in [0.4, 0.5) is 0 Å². The average Bonchev–Trinajstić information content (AvgIpc) is 3.17. The summed E-state index contributed by atoms with van der Waals surface area (Å²) in [5.41, 5.74) is 0.729. The minimum Gasteiger partial charge on any atom is -0.497 e. The second-order valence-corrected chi connectivity index (χ2v) is 6.93. The Bertz CT molecular complexity index is 587. The summed E-state index contributed by atoms with van der Waals surface area (Å²) in [4.78, 5) is 14.8. The van der Waals surface area contributed by atoms with Gasteiger partial charge in [-0.2, -0.15) is 0 Å². The van der Waals surface area contributed by atoms with E-state index in [2.05, 4.69) is 11.4 Å². The number of methoxy groups -OCH3 is 1. The van der Waals surface area contributed by atoms with Gasteiger partial charge in [-0.05, 0) is 43.4 Å². The zero-order valence-corrected chi connectivity index (χ0v) is 14.9. The summed E-state index contributed by atoms with van der Waals surface area (Å²) in [6.07, 6.45) is 3.44. The number of rotatable bonds is 6. The molecule has 2 N–H and O–H groups in total. The molecule has 1 amide bonds. The molecule has 1 aromatic rings. The van der Waals surface area contributed by atoms with E-state index in [4.69, 9.17) is 9.47 Å². The molecule has 1 atom stereocenters. The van der Waals surface area contributed by atoms with Crippen molar-refractivity contribution in [2.75, 3.05) is 40.0 Å². The quantitative estimate of drug-likeness (QED) is 0.815. The molecule has 0 saturated carbocycles. The number of carbonyl (C=O) groups excluding carboxylic acids is 1. The summed E-state index contributed by atoms with van der Waals surface area (Å²) in [5.74, 6) is 0.904. The van der Waals surface area contributed by atoms with Crippen molar-refractivity contribution in [2.45, 2.75) is 37.3 Å². The lowest BCUT2D eigenvalue weighted by atomic mass is 9.91. The van der Waals surface area contributed by atoms with Gasteiger partial charge in [0, 0.05) is 25.3 Å². The molecule has 1 unspecified atom stereocenters. The van der Waals surface area contributed by atoms with Crippen LogP contribution in [0.15, 0.2) is 24.3 Å². The third-order valence-electron chi connectivity index (χ3n) is 5.42. The Balaban J connectivity index is 1.64. The topological polar surface area (TPSA) is 71.0 Å². The van der Waals surface area contributed by atoms with Crippen molar-refractivity contribution in [1.82, 2.24) is 10.2 Å². The average molecular weight is 348 g/mol. The minimum atomic E-state index is -0.390. The van der Waals surface area contributed by atoms with E-state index in [-0.39, 0.29) is 30.6 Å². The molecule has 2 aliphatic rings. The lowest BCUT2D eigenvalue weighted by molar-refractivity contribution is -0.132. The first-order valence-corrected chi connectivity index (χ1v) is 9.04. The number of benzene rings is 1. The Labute approximate surface area is 149 Å². The lowest BCUT2D eigenvalue weighted by Gasteiger charge is -2.37. The Hall–Kier alpha value is -1.63.